The highest BCUT2D eigenvalue weighted by atomic mass is 19.1. The third kappa shape index (κ3) is 4.06. The topological polar surface area (TPSA) is 69.7 Å². The van der Waals surface area contributed by atoms with E-state index >= 15 is 0 Å². The summed E-state index contributed by atoms with van der Waals surface area (Å²) in [6.45, 7) is 9.43. The van der Waals surface area contributed by atoms with Gasteiger partial charge in [0.25, 0.3) is 11.8 Å². The van der Waals surface area contributed by atoms with E-state index in [1.807, 2.05) is 25.1 Å². The van der Waals surface area contributed by atoms with Crippen LogP contribution in [0.5, 0.6) is 0 Å². The molecule has 0 atom stereocenters. The van der Waals surface area contributed by atoms with Crippen molar-refractivity contribution in [1.29, 1.82) is 0 Å². The van der Waals surface area contributed by atoms with Crippen LogP contribution in [0.25, 0.3) is 11.6 Å². The van der Waals surface area contributed by atoms with Gasteiger partial charge in [-0.05, 0) is 74.7 Å². The van der Waals surface area contributed by atoms with Gasteiger partial charge < -0.3 is 4.90 Å². The molecule has 0 spiro atoms. The summed E-state index contributed by atoms with van der Waals surface area (Å²) in [6, 6.07) is 10.00. The molecule has 170 valence electrons. The zero-order valence-corrected chi connectivity index (χ0v) is 19.1. The van der Waals surface area contributed by atoms with Crippen molar-refractivity contribution in [2.45, 2.75) is 39.7 Å². The Hall–Kier alpha value is -3.74. The van der Waals surface area contributed by atoms with E-state index < -0.39 is 23.7 Å². The highest BCUT2D eigenvalue weighted by Crippen LogP contribution is 2.39. The zero-order valence-electron chi connectivity index (χ0n) is 19.1. The van der Waals surface area contributed by atoms with Crippen molar-refractivity contribution in [2.75, 3.05) is 16.3 Å². The molecule has 0 saturated carbocycles. The Morgan fingerprint density at radius 3 is 2.55 bits per heavy atom. The van der Waals surface area contributed by atoms with Crippen molar-refractivity contribution in [3.05, 3.63) is 71.1 Å². The fourth-order valence-electron chi connectivity index (χ4n) is 4.50. The summed E-state index contributed by atoms with van der Waals surface area (Å²) in [7, 11) is 0. The number of fused-ring (bicyclic) bond motifs is 1. The van der Waals surface area contributed by atoms with E-state index in [0.29, 0.717) is 5.56 Å². The van der Waals surface area contributed by atoms with Crippen molar-refractivity contribution < 1.29 is 18.8 Å². The number of halogens is 1. The average Bonchev–Trinajstić information content (AvgIpc) is 2.74. The van der Waals surface area contributed by atoms with Crippen molar-refractivity contribution in [3.63, 3.8) is 0 Å². The zero-order chi connectivity index (χ0) is 23.9. The number of urea groups is 1. The van der Waals surface area contributed by atoms with Crippen LogP contribution in [0.4, 0.5) is 20.6 Å². The fourth-order valence-corrected chi connectivity index (χ4v) is 4.50. The summed E-state index contributed by atoms with van der Waals surface area (Å²) in [5.41, 5.74) is 3.62. The molecule has 0 bridgehead atoms. The second-order valence-corrected chi connectivity index (χ2v) is 8.85. The van der Waals surface area contributed by atoms with E-state index in [9.17, 15) is 18.8 Å². The molecule has 4 amide bonds. The predicted molar refractivity (Wildman–Crippen MR) is 127 cm³/mol. The van der Waals surface area contributed by atoms with Crippen LogP contribution < -0.4 is 15.1 Å². The minimum absolute atomic E-state index is 0.0533. The lowest BCUT2D eigenvalue weighted by Crippen LogP contribution is -2.54. The van der Waals surface area contributed by atoms with Crippen LogP contribution in [0, 0.1) is 5.82 Å². The first-order chi connectivity index (χ1) is 15.6. The number of amides is 4. The van der Waals surface area contributed by atoms with E-state index in [-0.39, 0.29) is 16.8 Å². The number of carbonyl (C=O) groups excluding carboxylic acids is 3. The molecule has 1 fully saturated rings. The minimum atomic E-state index is -0.908. The Bertz CT molecular complexity index is 1230. The standard InChI is InChI=1S/C26H26FN3O3/c1-5-11-29-22-10-9-17(12-20(22)16(2)15-26(29,3)4)13-21-23(31)28-25(33)30(24(21)32)19-8-6-7-18(27)14-19/h6-10,12-15H,5,11H2,1-4H3,(H,28,31,33)/b21-13-. The lowest BCUT2D eigenvalue weighted by Gasteiger charge is -2.43. The summed E-state index contributed by atoms with van der Waals surface area (Å²) in [5, 5.41) is 2.17. The highest BCUT2D eigenvalue weighted by Gasteiger charge is 2.37. The first kappa shape index (κ1) is 22.5. The minimum Gasteiger partial charge on any atom is -0.362 e. The van der Waals surface area contributed by atoms with Crippen LogP contribution in [0.2, 0.25) is 0 Å². The molecule has 0 aromatic heterocycles. The molecule has 1 saturated heterocycles. The molecular weight excluding hydrogens is 421 g/mol. The number of rotatable bonds is 4. The first-order valence-corrected chi connectivity index (χ1v) is 10.9. The Labute approximate surface area is 192 Å². The average molecular weight is 448 g/mol. The van der Waals surface area contributed by atoms with Crippen molar-refractivity contribution in [1.82, 2.24) is 5.32 Å². The van der Waals surface area contributed by atoms with Gasteiger partial charge in [-0.1, -0.05) is 25.1 Å². The van der Waals surface area contributed by atoms with Crippen LogP contribution in [-0.4, -0.2) is 29.9 Å². The smallest absolute Gasteiger partial charge is 0.335 e. The Kier molecular flexibility index (Phi) is 5.66. The quantitative estimate of drug-likeness (QED) is 0.534. The number of barbiturate groups is 1. The number of hydrogen-bond donors (Lipinski definition) is 1. The molecule has 4 rings (SSSR count). The summed E-state index contributed by atoms with van der Waals surface area (Å²) in [4.78, 5) is 41.0. The summed E-state index contributed by atoms with van der Waals surface area (Å²) < 4.78 is 13.7. The summed E-state index contributed by atoms with van der Waals surface area (Å²) in [6.07, 6.45) is 4.68. The summed E-state index contributed by atoms with van der Waals surface area (Å²) in [5.74, 6) is -2.17. The number of carbonyl (C=O) groups is 3. The molecule has 6 nitrogen and oxygen atoms in total. The van der Waals surface area contributed by atoms with Crippen molar-refractivity contribution in [2.24, 2.45) is 0 Å². The number of anilines is 2. The van der Waals surface area contributed by atoms with E-state index in [1.54, 1.807) is 0 Å². The fraction of sp³-hybridized carbons (Fsp3) is 0.269. The Morgan fingerprint density at radius 1 is 1.09 bits per heavy atom. The molecule has 2 aliphatic rings. The number of nitrogens with one attached hydrogen (secondary N) is 1. The van der Waals surface area contributed by atoms with Crippen LogP contribution in [0.1, 0.15) is 45.2 Å². The molecule has 33 heavy (non-hydrogen) atoms. The van der Waals surface area contributed by atoms with Gasteiger partial charge in [0.05, 0.1) is 11.2 Å². The van der Waals surface area contributed by atoms with Gasteiger partial charge in [-0.3, -0.25) is 14.9 Å². The molecular formula is C26H26FN3O3. The van der Waals surface area contributed by atoms with Gasteiger partial charge >= 0.3 is 6.03 Å². The largest absolute Gasteiger partial charge is 0.362 e. The SMILES string of the molecule is CCCN1c2ccc(/C=C3/C(=O)NC(=O)N(c4cccc(F)c4)C3=O)cc2C(C)=CC1(C)C. The lowest BCUT2D eigenvalue weighted by molar-refractivity contribution is -0.122. The van der Waals surface area contributed by atoms with Gasteiger partial charge in [-0.2, -0.15) is 0 Å². The van der Waals surface area contributed by atoms with Crippen molar-refractivity contribution >= 4 is 40.9 Å². The molecule has 0 aliphatic carbocycles. The van der Waals surface area contributed by atoms with Gasteiger partial charge in [0.1, 0.15) is 11.4 Å². The number of benzene rings is 2. The lowest BCUT2D eigenvalue weighted by atomic mass is 9.87. The number of imide groups is 2. The maximum absolute atomic E-state index is 13.7. The van der Waals surface area contributed by atoms with Gasteiger partial charge in [-0.25, -0.2) is 14.1 Å². The molecule has 2 aromatic rings. The van der Waals surface area contributed by atoms with Gasteiger partial charge in [0.2, 0.25) is 0 Å². The first-order valence-electron chi connectivity index (χ1n) is 10.9. The normalized spacial score (nSPS) is 18.9. The van der Waals surface area contributed by atoms with Crippen LogP contribution in [0.3, 0.4) is 0 Å². The maximum atomic E-state index is 13.7. The molecule has 1 N–H and O–H groups in total. The third-order valence-electron chi connectivity index (χ3n) is 5.93. The second kappa shape index (κ2) is 8.31. The van der Waals surface area contributed by atoms with Gasteiger partial charge in [0, 0.05) is 17.8 Å². The number of hydrogen-bond acceptors (Lipinski definition) is 4. The second-order valence-electron chi connectivity index (χ2n) is 8.85. The molecule has 2 heterocycles. The molecule has 2 aromatic carbocycles. The van der Waals surface area contributed by atoms with Gasteiger partial charge in [-0.15, -0.1) is 0 Å². The molecule has 2 aliphatic heterocycles. The van der Waals surface area contributed by atoms with E-state index in [4.69, 9.17) is 0 Å². The maximum Gasteiger partial charge on any atom is 0.335 e. The van der Waals surface area contributed by atoms with E-state index in [2.05, 4.69) is 37.1 Å². The van der Waals surface area contributed by atoms with Crippen molar-refractivity contribution in [3.8, 4) is 0 Å². The monoisotopic (exact) mass is 447 g/mol. The van der Waals surface area contributed by atoms with Crippen LogP contribution >= 0.6 is 0 Å². The third-order valence-corrected chi connectivity index (χ3v) is 5.93. The Balaban J connectivity index is 1.74. The summed E-state index contributed by atoms with van der Waals surface area (Å²) >= 11 is 0. The molecule has 7 heteroatoms. The van der Waals surface area contributed by atoms with E-state index in [1.165, 1.54) is 24.3 Å². The number of allylic oxidation sites excluding steroid dienone is 1. The molecule has 0 unspecified atom stereocenters. The highest BCUT2D eigenvalue weighted by molar-refractivity contribution is 6.39. The predicted octanol–water partition coefficient (Wildman–Crippen LogP) is 4.90. The van der Waals surface area contributed by atoms with Gasteiger partial charge in [0.15, 0.2) is 0 Å². The van der Waals surface area contributed by atoms with Crippen LogP contribution in [0.15, 0.2) is 54.1 Å². The van der Waals surface area contributed by atoms with Crippen LogP contribution in [-0.2, 0) is 9.59 Å². The number of nitrogens with zero attached hydrogens (tertiary/aromatic N) is 2. The van der Waals surface area contributed by atoms with E-state index in [0.717, 1.165) is 40.8 Å². The molecule has 0 radical (unpaired) electrons. The Morgan fingerprint density at radius 2 is 1.85 bits per heavy atom.